The first-order valence-corrected chi connectivity index (χ1v) is 9.75. The summed E-state index contributed by atoms with van der Waals surface area (Å²) in [6.45, 7) is 3.12. The van der Waals surface area contributed by atoms with Crippen molar-refractivity contribution in [3.63, 3.8) is 0 Å². The van der Waals surface area contributed by atoms with Crippen molar-refractivity contribution < 1.29 is 19.1 Å². The van der Waals surface area contributed by atoms with E-state index in [0.717, 1.165) is 20.1 Å². The van der Waals surface area contributed by atoms with Gasteiger partial charge in [-0.05, 0) is 48.2 Å². The van der Waals surface area contributed by atoms with Crippen molar-refractivity contribution in [1.29, 1.82) is 0 Å². The maximum Gasteiger partial charge on any atom is 0.327 e. The second-order valence-corrected chi connectivity index (χ2v) is 8.71. The van der Waals surface area contributed by atoms with Crippen molar-refractivity contribution >= 4 is 43.8 Å². The minimum atomic E-state index is -1.42. The van der Waals surface area contributed by atoms with E-state index >= 15 is 0 Å². The smallest absolute Gasteiger partial charge is 0.327 e. The fourth-order valence-corrected chi connectivity index (χ4v) is 3.98. The van der Waals surface area contributed by atoms with Crippen LogP contribution in [0.5, 0.6) is 0 Å². The van der Waals surface area contributed by atoms with Crippen LogP contribution in [0.3, 0.4) is 0 Å². The summed E-state index contributed by atoms with van der Waals surface area (Å²) in [7, 11) is 0. The standard InChI is InChI=1S/C20H18Br2O4/c1-19(2)25-17(23)20(18(24)26-19,11-13-5-3-7-15(21)9-13)12-14-6-4-8-16(22)10-14/h3-10H,11-12H2,1-2H3. The molecule has 6 heteroatoms. The lowest BCUT2D eigenvalue weighted by Crippen LogP contribution is -2.56. The molecule has 136 valence electrons. The number of cyclic esters (lactones) is 2. The van der Waals surface area contributed by atoms with Crippen LogP contribution in [-0.2, 0) is 31.9 Å². The highest BCUT2D eigenvalue weighted by Gasteiger charge is 2.56. The number of hydrogen-bond acceptors (Lipinski definition) is 4. The molecular formula is C20H18Br2O4. The van der Waals surface area contributed by atoms with Crippen LogP contribution in [-0.4, -0.2) is 17.7 Å². The molecule has 0 amide bonds. The van der Waals surface area contributed by atoms with Crippen molar-refractivity contribution in [3.8, 4) is 0 Å². The SMILES string of the molecule is CC1(C)OC(=O)C(Cc2cccc(Br)c2)(Cc2cccc(Br)c2)C(=O)O1. The second-order valence-electron chi connectivity index (χ2n) is 6.87. The van der Waals surface area contributed by atoms with Crippen molar-refractivity contribution in [2.75, 3.05) is 0 Å². The summed E-state index contributed by atoms with van der Waals surface area (Å²) in [6.07, 6.45) is 0.402. The van der Waals surface area contributed by atoms with Crippen molar-refractivity contribution in [2.45, 2.75) is 32.5 Å². The molecule has 26 heavy (non-hydrogen) atoms. The van der Waals surface area contributed by atoms with Crippen LogP contribution in [0.25, 0.3) is 0 Å². The first-order valence-electron chi connectivity index (χ1n) is 8.16. The minimum absolute atomic E-state index is 0.201. The Morgan fingerprint density at radius 2 is 1.23 bits per heavy atom. The van der Waals surface area contributed by atoms with Crippen LogP contribution < -0.4 is 0 Å². The van der Waals surface area contributed by atoms with Gasteiger partial charge in [0.1, 0.15) is 0 Å². The van der Waals surface area contributed by atoms with E-state index in [1.807, 2.05) is 48.5 Å². The van der Waals surface area contributed by atoms with Gasteiger partial charge in [0.25, 0.3) is 5.79 Å². The molecule has 0 N–H and O–H groups in total. The van der Waals surface area contributed by atoms with Gasteiger partial charge >= 0.3 is 11.9 Å². The topological polar surface area (TPSA) is 52.6 Å². The monoisotopic (exact) mass is 480 g/mol. The molecule has 0 spiro atoms. The average molecular weight is 482 g/mol. The molecule has 1 heterocycles. The molecule has 0 aliphatic carbocycles. The quantitative estimate of drug-likeness (QED) is 0.464. The van der Waals surface area contributed by atoms with E-state index in [1.54, 1.807) is 13.8 Å². The highest BCUT2D eigenvalue weighted by atomic mass is 79.9. The summed E-state index contributed by atoms with van der Waals surface area (Å²) in [5, 5.41) is 0. The summed E-state index contributed by atoms with van der Waals surface area (Å²) in [5.41, 5.74) is 0.280. The molecule has 3 rings (SSSR count). The Morgan fingerprint density at radius 1 is 0.808 bits per heavy atom. The highest BCUT2D eigenvalue weighted by molar-refractivity contribution is 9.10. The second kappa shape index (κ2) is 7.16. The third-order valence-corrected chi connectivity index (χ3v) is 5.23. The molecule has 0 aromatic heterocycles. The van der Waals surface area contributed by atoms with Crippen LogP contribution in [0.4, 0.5) is 0 Å². The third-order valence-electron chi connectivity index (χ3n) is 4.25. The molecule has 1 aliphatic heterocycles. The zero-order valence-corrected chi connectivity index (χ0v) is 17.6. The van der Waals surface area contributed by atoms with E-state index in [-0.39, 0.29) is 12.8 Å². The van der Waals surface area contributed by atoms with Crippen molar-refractivity contribution in [3.05, 3.63) is 68.6 Å². The lowest BCUT2D eigenvalue weighted by molar-refractivity contribution is -0.251. The van der Waals surface area contributed by atoms with Gasteiger partial charge in [-0.15, -0.1) is 0 Å². The molecule has 2 aromatic carbocycles. The average Bonchev–Trinajstić information content (AvgIpc) is 2.52. The molecule has 1 fully saturated rings. The molecule has 0 atom stereocenters. The molecule has 4 nitrogen and oxygen atoms in total. The van der Waals surface area contributed by atoms with Crippen LogP contribution in [0, 0.1) is 5.41 Å². The summed E-state index contributed by atoms with van der Waals surface area (Å²) in [6, 6.07) is 15.1. The van der Waals surface area contributed by atoms with E-state index in [9.17, 15) is 9.59 Å². The Morgan fingerprint density at radius 3 is 1.62 bits per heavy atom. The lowest BCUT2D eigenvalue weighted by Gasteiger charge is -2.40. The molecular weight excluding hydrogens is 464 g/mol. The van der Waals surface area contributed by atoms with Gasteiger partial charge in [0.15, 0.2) is 5.41 Å². The van der Waals surface area contributed by atoms with Gasteiger partial charge in [0, 0.05) is 22.8 Å². The van der Waals surface area contributed by atoms with E-state index in [0.29, 0.717) is 0 Å². The number of hydrogen-bond donors (Lipinski definition) is 0. The Balaban J connectivity index is 2.03. The number of benzene rings is 2. The Kier molecular flexibility index (Phi) is 5.26. The van der Waals surface area contributed by atoms with E-state index in [2.05, 4.69) is 31.9 Å². The number of rotatable bonds is 4. The van der Waals surface area contributed by atoms with E-state index in [1.165, 1.54) is 0 Å². The predicted molar refractivity (Wildman–Crippen MR) is 104 cm³/mol. The van der Waals surface area contributed by atoms with Crippen molar-refractivity contribution in [2.24, 2.45) is 5.41 Å². The van der Waals surface area contributed by atoms with Crippen LogP contribution in [0.1, 0.15) is 25.0 Å². The van der Waals surface area contributed by atoms with Crippen LogP contribution in [0.15, 0.2) is 57.5 Å². The first kappa shape index (κ1) is 19.1. The molecule has 1 aliphatic rings. The third kappa shape index (κ3) is 4.01. The summed E-state index contributed by atoms with van der Waals surface area (Å²) in [4.78, 5) is 25.9. The maximum atomic E-state index is 13.0. The van der Waals surface area contributed by atoms with Gasteiger partial charge in [-0.2, -0.15) is 0 Å². The molecule has 0 unspecified atom stereocenters. The van der Waals surface area contributed by atoms with Gasteiger partial charge in [0.2, 0.25) is 0 Å². The van der Waals surface area contributed by atoms with Crippen molar-refractivity contribution in [1.82, 2.24) is 0 Å². The largest absolute Gasteiger partial charge is 0.422 e. The van der Waals surface area contributed by atoms with Gasteiger partial charge in [0.05, 0.1) is 0 Å². The predicted octanol–water partition coefficient (Wildman–Crippen LogP) is 4.82. The summed E-state index contributed by atoms with van der Waals surface area (Å²) < 4.78 is 12.7. The fourth-order valence-electron chi connectivity index (χ4n) is 3.09. The number of carbonyl (C=O) groups excluding carboxylic acids is 2. The van der Waals surface area contributed by atoms with Crippen LogP contribution >= 0.6 is 31.9 Å². The Labute approximate surface area is 169 Å². The first-order chi connectivity index (χ1) is 12.2. The fraction of sp³-hybridized carbons (Fsp3) is 0.300. The number of halogens is 2. The van der Waals surface area contributed by atoms with E-state index in [4.69, 9.17) is 9.47 Å². The molecule has 0 radical (unpaired) electrons. The summed E-state index contributed by atoms with van der Waals surface area (Å²) in [5.74, 6) is -2.37. The number of ether oxygens (including phenoxy) is 2. The van der Waals surface area contributed by atoms with Crippen LogP contribution in [0.2, 0.25) is 0 Å². The number of esters is 2. The normalized spacial score (nSPS) is 18.2. The van der Waals surface area contributed by atoms with Gasteiger partial charge < -0.3 is 9.47 Å². The van der Waals surface area contributed by atoms with Gasteiger partial charge in [-0.3, -0.25) is 9.59 Å². The summed E-state index contributed by atoms with van der Waals surface area (Å²) >= 11 is 6.86. The van der Waals surface area contributed by atoms with Gasteiger partial charge in [-0.1, -0.05) is 56.1 Å². The number of carbonyl (C=O) groups is 2. The minimum Gasteiger partial charge on any atom is -0.422 e. The molecule has 0 saturated carbocycles. The molecule has 1 saturated heterocycles. The molecule has 2 aromatic rings. The zero-order valence-electron chi connectivity index (χ0n) is 14.4. The highest BCUT2D eigenvalue weighted by Crippen LogP contribution is 2.39. The van der Waals surface area contributed by atoms with Gasteiger partial charge in [-0.25, -0.2) is 0 Å². The van der Waals surface area contributed by atoms with E-state index < -0.39 is 23.1 Å². The maximum absolute atomic E-state index is 13.0. The lowest BCUT2D eigenvalue weighted by atomic mass is 9.75. The Hall–Kier alpha value is -1.66. The Bertz CT molecular complexity index is 791. The zero-order chi connectivity index (χ0) is 18.9. The molecule has 0 bridgehead atoms.